The Bertz CT molecular complexity index is 1650. The summed E-state index contributed by atoms with van der Waals surface area (Å²) in [7, 11) is -4.10. The third-order valence-corrected chi connectivity index (χ3v) is 10.4. The SMILES string of the molecule is CC1(C)OB(c2cc(OCc3ccccc3)cc(O[P+](=O)Oc3cc(OCc4ccccc4)cc(B4OC(C)(C)C(C)(C)O4)c3)c2)OC1(C)C. The molecule has 0 aromatic heterocycles. The van der Waals surface area contributed by atoms with Crippen molar-refractivity contribution in [3.8, 4) is 23.0 Å². The van der Waals surface area contributed by atoms with Crippen molar-refractivity contribution < 1.29 is 41.7 Å². The standard InChI is InChI=1S/C38H44B2O9P/c1-35(2)36(3,4)47-39(46-35)29-19-31(42-25-27-15-11-9-12-16-27)23-33(21-29)44-50(41)45-34-22-30(40-48-37(5,6)38(7,8)49-40)20-32(24-34)43-26-28-17-13-10-14-18-28/h9-24H,25-26H2,1-8H3/q+1. The predicted octanol–water partition coefficient (Wildman–Crippen LogP) is 7.56. The van der Waals surface area contributed by atoms with E-state index in [0.29, 0.717) is 35.6 Å². The third kappa shape index (κ3) is 8.20. The minimum atomic E-state index is -2.71. The number of hydrogen-bond donors (Lipinski definition) is 0. The molecule has 260 valence electrons. The van der Waals surface area contributed by atoms with Gasteiger partial charge in [-0.05, 0) is 102 Å². The smallest absolute Gasteiger partial charge is 0.489 e. The molecular formula is C38H44B2O9P+. The molecule has 4 aromatic carbocycles. The number of ether oxygens (including phenoxy) is 2. The van der Waals surface area contributed by atoms with E-state index in [0.717, 1.165) is 11.1 Å². The van der Waals surface area contributed by atoms with Crippen LogP contribution in [0.4, 0.5) is 0 Å². The zero-order valence-electron chi connectivity index (χ0n) is 29.9. The summed E-state index contributed by atoms with van der Waals surface area (Å²) in [4.78, 5) is 0. The summed E-state index contributed by atoms with van der Waals surface area (Å²) in [6, 6.07) is 30.1. The Balaban J connectivity index is 1.24. The highest BCUT2D eigenvalue weighted by Gasteiger charge is 2.53. The maximum atomic E-state index is 13.5. The van der Waals surface area contributed by atoms with E-state index in [1.165, 1.54) is 0 Å². The maximum Gasteiger partial charge on any atom is 0.805 e. The van der Waals surface area contributed by atoms with Gasteiger partial charge in [-0.3, -0.25) is 0 Å². The largest absolute Gasteiger partial charge is 0.805 e. The Morgan fingerprint density at radius 2 is 0.820 bits per heavy atom. The van der Waals surface area contributed by atoms with Crippen molar-refractivity contribution in [2.24, 2.45) is 0 Å². The van der Waals surface area contributed by atoms with Crippen LogP contribution in [0, 0.1) is 0 Å². The minimum absolute atomic E-state index is 0.268. The Hall–Kier alpha value is -3.85. The molecular weight excluding hydrogens is 653 g/mol. The highest BCUT2D eigenvalue weighted by Crippen LogP contribution is 2.40. The van der Waals surface area contributed by atoms with Gasteiger partial charge in [0.15, 0.2) is 11.5 Å². The number of benzene rings is 4. The molecule has 4 aromatic rings. The Kier molecular flexibility index (Phi) is 10.1. The topological polar surface area (TPSA) is 90.9 Å². The van der Waals surface area contributed by atoms with E-state index in [1.54, 1.807) is 24.3 Å². The van der Waals surface area contributed by atoms with Gasteiger partial charge in [0.05, 0.1) is 22.4 Å². The lowest BCUT2D eigenvalue weighted by Gasteiger charge is -2.32. The van der Waals surface area contributed by atoms with Crippen LogP contribution in [0.25, 0.3) is 0 Å². The zero-order chi connectivity index (χ0) is 35.7. The van der Waals surface area contributed by atoms with Crippen molar-refractivity contribution in [2.75, 3.05) is 0 Å². The average molecular weight is 697 g/mol. The van der Waals surface area contributed by atoms with Crippen LogP contribution in [0.2, 0.25) is 0 Å². The first-order valence-electron chi connectivity index (χ1n) is 16.8. The van der Waals surface area contributed by atoms with E-state index in [2.05, 4.69) is 0 Å². The summed E-state index contributed by atoms with van der Waals surface area (Å²) in [5.41, 5.74) is 1.08. The zero-order valence-corrected chi connectivity index (χ0v) is 30.8. The summed E-state index contributed by atoms with van der Waals surface area (Å²) in [5, 5.41) is 0. The van der Waals surface area contributed by atoms with Crippen LogP contribution in [0.1, 0.15) is 66.5 Å². The molecule has 2 heterocycles. The molecule has 0 bridgehead atoms. The quantitative estimate of drug-likeness (QED) is 0.110. The van der Waals surface area contributed by atoms with Crippen LogP contribution in [0.3, 0.4) is 0 Å². The fourth-order valence-electron chi connectivity index (χ4n) is 5.36. The lowest BCUT2D eigenvalue weighted by Crippen LogP contribution is -2.41. The van der Waals surface area contributed by atoms with E-state index in [9.17, 15) is 4.57 Å². The first kappa shape index (κ1) is 36.0. The van der Waals surface area contributed by atoms with Crippen molar-refractivity contribution in [3.63, 3.8) is 0 Å². The molecule has 0 atom stereocenters. The molecule has 0 amide bonds. The van der Waals surface area contributed by atoms with Gasteiger partial charge in [0.2, 0.25) is 0 Å². The van der Waals surface area contributed by atoms with Gasteiger partial charge in [-0.1, -0.05) is 60.7 Å². The van der Waals surface area contributed by atoms with Crippen LogP contribution >= 0.6 is 8.25 Å². The Morgan fingerprint density at radius 3 is 1.16 bits per heavy atom. The van der Waals surface area contributed by atoms with E-state index < -0.39 is 44.9 Å². The van der Waals surface area contributed by atoms with Crippen LogP contribution in [0.5, 0.6) is 23.0 Å². The van der Waals surface area contributed by atoms with Gasteiger partial charge in [0.25, 0.3) is 0 Å². The molecule has 9 nitrogen and oxygen atoms in total. The maximum absolute atomic E-state index is 13.5. The van der Waals surface area contributed by atoms with Gasteiger partial charge in [0.1, 0.15) is 24.7 Å². The lowest BCUT2D eigenvalue weighted by atomic mass is 9.79. The van der Waals surface area contributed by atoms with Crippen molar-refractivity contribution in [1.29, 1.82) is 0 Å². The normalized spacial score (nSPS) is 18.5. The average Bonchev–Trinajstić information content (AvgIpc) is 3.43. The summed E-state index contributed by atoms with van der Waals surface area (Å²) >= 11 is 0. The van der Waals surface area contributed by atoms with Crippen LogP contribution in [-0.4, -0.2) is 36.6 Å². The molecule has 0 unspecified atom stereocenters. The molecule has 0 N–H and O–H groups in total. The van der Waals surface area contributed by atoms with Crippen LogP contribution in [-0.2, 0) is 36.4 Å². The van der Waals surface area contributed by atoms with Crippen molar-refractivity contribution in [3.05, 3.63) is 108 Å². The summed E-state index contributed by atoms with van der Waals surface area (Å²) in [6.45, 7) is 16.5. The number of hydrogen-bond acceptors (Lipinski definition) is 9. The molecule has 0 spiro atoms. The summed E-state index contributed by atoms with van der Waals surface area (Å²) in [6.07, 6.45) is 0. The molecule has 0 radical (unpaired) electrons. The van der Waals surface area contributed by atoms with Gasteiger partial charge in [0, 0.05) is 16.7 Å². The minimum Gasteiger partial charge on any atom is -0.489 e. The summed E-state index contributed by atoms with van der Waals surface area (Å²) < 4.78 is 62.9. The van der Waals surface area contributed by atoms with Crippen molar-refractivity contribution >= 4 is 33.4 Å². The van der Waals surface area contributed by atoms with Gasteiger partial charge >= 0.3 is 22.5 Å². The van der Waals surface area contributed by atoms with E-state index in [4.69, 9.17) is 37.1 Å². The van der Waals surface area contributed by atoms with Gasteiger partial charge < -0.3 is 28.1 Å². The molecule has 2 aliphatic rings. The van der Waals surface area contributed by atoms with Crippen LogP contribution in [0.15, 0.2) is 97.1 Å². The fourth-order valence-corrected chi connectivity index (χ4v) is 5.95. The molecule has 6 rings (SSSR count). The fraction of sp³-hybridized carbons (Fsp3) is 0.368. The molecule has 50 heavy (non-hydrogen) atoms. The molecule has 2 aliphatic heterocycles. The molecule has 2 fully saturated rings. The molecule has 12 heteroatoms. The second-order valence-electron chi connectivity index (χ2n) is 14.6. The second kappa shape index (κ2) is 14.0. The molecule has 2 saturated heterocycles. The molecule has 0 saturated carbocycles. The summed E-state index contributed by atoms with van der Waals surface area (Å²) in [5.74, 6) is 1.53. The van der Waals surface area contributed by atoms with Crippen LogP contribution < -0.4 is 29.4 Å². The highest BCUT2D eigenvalue weighted by molar-refractivity contribution is 7.34. The molecule has 0 aliphatic carbocycles. The number of rotatable bonds is 12. The van der Waals surface area contributed by atoms with Gasteiger partial charge in [-0.2, -0.15) is 0 Å². The van der Waals surface area contributed by atoms with Crippen molar-refractivity contribution in [2.45, 2.75) is 91.0 Å². The van der Waals surface area contributed by atoms with E-state index >= 15 is 0 Å². The van der Waals surface area contributed by atoms with E-state index in [-0.39, 0.29) is 11.5 Å². The van der Waals surface area contributed by atoms with E-state index in [1.807, 2.05) is 128 Å². The Labute approximate surface area is 296 Å². The van der Waals surface area contributed by atoms with Crippen molar-refractivity contribution in [1.82, 2.24) is 0 Å². The van der Waals surface area contributed by atoms with Gasteiger partial charge in [-0.25, -0.2) is 9.05 Å². The predicted molar refractivity (Wildman–Crippen MR) is 195 cm³/mol. The highest BCUT2D eigenvalue weighted by atomic mass is 31.1. The lowest BCUT2D eigenvalue weighted by molar-refractivity contribution is 0.00578. The first-order valence-corrected chi connectivity index (χ1v) is 17.9. The first-order chi connectivity index (χ1) is 23.6. The monoisotopic (exact) mass is 697 g/mol. The van der Waals surface area contributed by atoms with Gasteiger partial charge in [-0.15, -0.1) is 0 Å². The third-order valence-electron chi connectivity index (χ3n) is 9.71. The second-order valence-corrected chi connectivity index (χ2v) is 15.4. The Morgan fingerprint density at radius 1 is 0.500 bits per heavy atom.